The molecule has 0 unspecified atom stereocenters. The summed E-state index contributed by atoms with van der Waals surface area (Å²) in [6.45, 7) is 2.30. The number of rotatable bonds is 9. The molecule has 2 N–H and O–H groups in total. The van der Waals surface area contributed by atoms with Crippen LogP contribution in [-0.2, 0) is 16.2 Å². The molecule has 206 valence electrons. The molecule has 0 aromatic heterocycles. The van der Waals surface area contributed by atoms with Gasteiger partial charge in [0.1, 0.15) is 28.8 Å². The lowest BCUT2D eigenvalue weighted by Gasteiger charge is -2.18. The molecule has 0 spiro atoms. The van der Waals surface area contributed by atoms with Crippen molar-refractivity contribution in [2.24, 2.45) is 0 Å². The van der Waals surface area contributed by atoms with Crippen LogP contribution >= 0.6 is 11.6 Å². The van der Waals surface area contributed by atoms with Crippen LogP contribution in [0.3, 0.4) is 0 Å². The molecule has 41 heavy (non-hydrogen) atoms. The number of nitrogens with zero attached hydrogens (tertiary/aromatic N) is 1. The van der Waals surface area contributed by atoms with Gasteiger partial charge in [0.05, 0.1) is 12.8 Å². The summed E-state index contributed by atoms with van der Waals surface area (Å²) < 4.78 is 11.1. The van der Waals surface area contributed by atoms with Crippen molar-refractivity contribution < 1.29 is 23.9 Å². The van der Waals surface area contributed by atoms with E-state index in [1.54, 1.807) is 60.7 Å². The first kappa shape index (κ1) is 27.5. The molecule has 0 bridgehead atoms. The third kappa shape index (κ3) is 6.08. The largest absolute Gasteiger partial charge is 0.495 e. The summed E-state index contributed by atoms with van der Waals surface area (Å²) in [5, 5.41) is 5.53. The average Bonchev–Trinajstić information content (AvgIpc) is 3.20. The molecule has 0 saturated carbocycles. The van der Waals surface area contributed by atoms with Gasteiger partial charge in [0, 0.05) is 16.9 Å². The number of anilines is 3. The first-order chi connectivity index (χ1) is 19.8. The first-order valence-corrected chi connectivity index (χ1v) is 13.1. The Morgan fingerprint density at radius 1 is 0.854 bits per heavy atom. The highest BCUT2D eigenvalue weighted by Crippen LogP contribution is 2.36. The Hall–Kier alpha value is -5.08. The number of hydrogen-bond acceptors (Lipinski definition) is 6. The van der Waals surface area contributed by atoms with Crippen molar-refractivity contribution in [3.63, 3.8) is 0 Å². The van der Waals surface area contributed by atoms with Crippen LogP contribution in [0.25, 0.3) is 0 Å². The minimum Gasteiger partial charge on any atom is -0.495 e. The zero-order chi connectivity index (χ0) is 28.9. The van der Waals surface area contributed by atoms with Crippen LogP contribution in [0.15, 0.2) is 108 Å². The fourth-order valence-electron chi connectivity index (χ4n) is 4.23. The maximum absolute atomic E-state index is 13.2. The summed E-state index contributed by atoms with van der Waals surface area (Å²) in [7, 11) is 1.46. The molecule has 4 aromatic carbocycles. The molecule has 0 radical (unpaired) electrons. The average molecular weight is 568 g/mol. The summed E-state index contributed by atoms with van der Waals surface area (Å²) in [6.07, 6.45) is 0. The van der Waals surface area contributed by atoms with Gasteiger partial charge >= 0.3 is 0 Å². The van der Waals surface area contributed by atoms with Gasteiger partial charge in [-0.25, -0.2) is 4.90 Å². The van der Waals surface area contributed by atoms with E-state index in [2.05, 4.69) is 10.6 Å². The molecule has 3 amide bonds. The van der Waals surface area contributed by atoms with E-state index in [0.29, 0.717) is 40.7 Å². The van der Waals surface area contributed by atoms with Crippen molar-refractivity contribution in [1.29, 1.82) is 0 Å². The van der Waals surface area contributed by atoms with Crippen LogP contribution in [0.5, 0.6) is 11.5 Å². The first-order valence-electron chi connectivity index (χ1n) is 12.7. The number of ether oxygens (including phenoxy) is 2. The summed E-state index contributed by atoms with van der Waals surface area (Å²) in [4.78, 5) is 39.9. The van der Waals surface area contributed by atoms with Gasteiger partial charge in [0.15, 0.2) is 0 Å². The standard InChI is InChI=1S/C32H26ClN3O5/c1-20-8-17-27(40-2)26(18-20)36-31(38)28(33)29(32(36)39)34-23-11-9-22(10-12-23)30(37)35-24-13-15-25(16-14-24)41-19-21-6-4-3-5-7-21/h3-18,34H,19H2,1-2H3,(H,35,37). The highest BCUT2D eigenvalue weighted by atomic mass is 35.5. The summed E-state index contributed by atoms with van der Waals surface area (Å²) >= 11 is 6.28. The maximum atomic E-state index is 13.2. The van der Waals surface area contributed by atoms with Crippen molar-refractivity contribution in [2.75, 3.05) is 22.6 Å². The molecule has 0 atom stereocenters. The van der Waals surface area contributed by atoms with Gasteiger partial charge in [0.2, 0.25) is 0 Å². The van der Waals surface area contributed by atoms with Crippen molar-refractivity contribution in [3.8, 4) is 11.5 Å². The number of nitrogens with one attached hydrogen (secondary N) is 2. The van der Waals surface area contributed by atoms with Gasteiger partial charge in [-0.3, -0.25) is 14.4 Å². The number of methoxy groups -OCH3 is 1. The third-order valence-electron chi connectivity index (χ3n) is 6.38. The number of amides is 3. The molecular formula is C32H26ClN3O5. The van der Waals surface area contributed by atoms with E-state index in [9.17, 15) is 14.4 Å². The smallest absolute Gasteiger partial charge is 0.283 e. The van der Waals surface area contributed by atoms with Gasteiger partial charge in [0.25, 0.3) is 17.7 Å². The SMILES string of the molecule is COc1ccc(C)cc1N1C(=O)C(Cl)=C(Nc2ccc(C(=O)Nc3ccc(OCc4ccccc4)cc3)cc2)C1=O. The highest BCUT2D eigenvalue weighted by molar-refractivity contribution is 6.53. The van der Waals surface area contributed by atoms with Crippen LogP contribution in [0.4, 0.5) is 17.1 Å². The second-order valence-electron chi connectivity index (χ2n) is 9.27. The number of benzene rings is 4. The van der Waals surface area contributed by atoms with Gasteiger partial charge in [-0.15, -0.1) is 0 Å². The number of halogens is 1. The zero-order valence-corrected chi connectivity index (χ0v) is 23.1. The Morgan fingerprint density at radius 2 is 1.54 bits per heavy atom. The normalized spacial score (nSPS) is 12.9. The van der Waals surface area contributed by atoms with E-state index in [4.69, 9.17) is 21.1 Å². The fraction of sp³-hybridized carbons (Fsp3) is 0.0938. The predicted molar refractivity (Wildman–Crippen MR) is 158 cm³/mol. The number of carbonyl (C=O) groups excluding carboxylic acids is 3. The minimum absolute atomic E-state index is 0.0630. The molecule has 8 nitrogen and oxygen atoms in total. The fourth-order valence-corrected chi connectivity index (χ4v) is 4.45. The van der Waals surface area contributed by atoms with Crippen LogP contribution < -0.4 is 25.0 Å². The van der Waals surface area contributed by atoms with Gasteiger partial charge < -0.3 is 20.1 Å². The second-order valence-corrected chi connectivity index (χ2v) is 9.64. The molecule has 0 aliphatic carbocycles. The Labute approximate surface area is 242 Å². The zero-order valence-electron chi connectivity index (χ0n) is 22.3. The lowest BCUT2D eigenvalue weighted by atomic mass is 10.1. The predicted octanol–water partition coefficient (Wildman–Crippen LogP) is 6.27. The molecule has 1 aliphatic rings. The minimum atomic E-state index is -0.657. The molecule has 1 heterocycles. The van der Waals surface area contributed by atoms with Crippen molar-refractivity contribution in [2.45, 2.75) is 13.5 Å². The number of imide groups is 1. The molecule has 1 aliphatic heterocycles. The highest BCUT2D eigenvalue weighted by Gasteiger charge is 2.40. The summed E-state index contributed by atoms with van der Waals surface area (Å²) in [5.41, 5.74) is 3.65. The van der Waals surface area contributed by atoms with Crippen LogP contribution in [0.2, 0.25) is 0 Å². The Balaban J connectivity index is 1.21. The molecule has 5 rings (SSSR count). The lowest BCUT2D eigenvalue weighted by Crippen LogP contribution is -2.32. The maximum Gasteiger partial charge on any atom is 0.283 e. The molecule has 4 aromatic rings. The monoisotopic (exact) mass is 567 g/mol. The molecule has 9 heteroatoms. The quantitative estimate of drug-likeness (QED) is 0.231. The van der Waals surface area contributed by atoms with Crippen LogP contribution in [-0.4, -0.2) is 24.8 Å². The van der Waals surface area contributed by atoms with E-state index in [-0.39, 0.29) is 16.6 Å². The van der Waals surface area contributed by atoms with Gasteiger partial charge in [-0.2, -0.15) is 0 Å². The van der Waals surface area contributed by atoms with E-state index in [1.165, 1.54) is 7.11 Å². The Morgan fingerprint density at radius 3 is 2.22 bits per heavy atom. The molecular weight excluding hydrogens is 542 g/mol. The van der Waals surface area contributed by atoms with Crippen molar-refractivity contribution in [1.82, 2.24) is 0 Å². The van der Waals surface area contributed by atoms with Crippen molar-refractivity contribution >= 4 is 46.4 Å². The number of hydrogen-bond donors (Lipinski definition) is 2. The van der Waals surface area contributed by atoms with Gasteiger partial charge in [-0.05, 0) is 78.7 Å². The van der Waals surface area contributed by atoms with Gasteiger partial charge in [-0.1, -0.05) is 48.0 Å². The summed E-state index contributed by atoms with van der Waals surface area (Å²) in [5.74, 6) is -0.517. The Bertz CT molecular complexity index is 1630. The molecule has 0 fully saturated rings. The summed E-state index contributed by atoms with van der Waals surface area (Å²) in [6, 6.07) is 28.6. The van der Waals surface area contributed by atoms with Crippen LogP contribution in [0.1, 0.15) is 21.5 Å². The van der Waals surface area contributed by atoms with E-state index in [0.717, 1.165) is 16.0 Å². The van der Waals surface area contributed by atoms with E-state index in [1.807, 2.05) is 43.3 Å². The number of aryl methyl sites for hydroxylation is 1. The van der Waals surface area contributed by atoms with E-state index >= 15 is 0 Å². The van der Waals surface area contributed by atoms with E-state index < -0.39 is 11.8 Å². The topological polar surface area (TPSA) is 97.0 Å². The lowest BCUT2D eigenvalue weighted by molar-refractivity contribution is -0.120. The number of carbonyl (C=O) groups is 3. The second kappa shape index (κ2) is 12.0. The van der Waals surface area contributed by atoms with Crippen molar-refractivity contribution in [3.05, 3.63) is 124 Å². The molecule has 0 saturated heterocycles. The van der Waals surface area contributed by atoms with Crippen LogP contribution in [0, 0.1) is 6.92 Å². The third-order valence-corrected chi connectivity index (χ3v) is 6.73. The Kier molecular flexibility index (Phi) is 8.03.